The van der Waals surface area contributed by atoms with Crippen LogP contribution in [-0.2, 0) is 10.5 Å². The molecule has 0 amide bonds. The number of aromatic nitrogens is 2. The minimum atomic E-state index is -2.54. The largest absolute Gasteiger partial charge is 0.394 e. The number of hydrogen-bond acceptors (Lipinski definition) is 5. The summed E-state index contributed by atoms with van der Waals surface area (Å²) in [6, 6.07) is 0.951. The minimum Gasteiger partial charge on any atom is -0.394 e. The van der Waals surface area contributed by atoms with Crippen molar-refractivity contribution in [3.05, 3.63) is 33.1 Å². The normalized spacial score (nSPS) is 18.1. The molecule has 102 valence electrons. The predicted octanol–water partition coefficient (Wildman–Crippen LogP) is -1.45. The van der Waals surface area contributed by atoms with Crippen LogP contribution in [0, 0.1) is 0 Å². The molecule has 0 spiro atoms. The van der Waals surface area contributed by atoms with Crippen LogP contribution in [0.4, 0.5) is 4.39 Å². The maximum absolute atomic E-state index is 14.4. The molecular formula is C10H15FN2O5. The van der Waals surface area contributed by atoms with Crippen LogP contribution in [0.1, 0.15) is 6.92 Å². The average molecular weight is 262 g/mol. The third-order valence-corrected chi connectivity index (χ3v) is 2.67. The molecule has 0 fully saturated rings. The maximum atomic E-state index is 14.4. The molecule has 18 heavy (non-hydrogen) atoms. The molecule has 0 radical (unpaired) electrons. The van der Waals surface area contributed by atoms with E-state index in [2.05, 4.69) is 0 Å². The average Bonchev–Trinajstić information content (AvgIpc) is 2.29. The highest BCUT2D eigenvalue weighted by molar-refractivity contribution is 4.92. The third kappa shape index (κ3) is 2.66. The zero-order valence-electron chi connectivity index (χ0n) is 9.96. The summed E-state index contributed by atoms with van der Waals surface area (Å²) in [6.07, 6.45) is -2.05. The molecule has 0 aromatic carbocycles. The molecule has 1 aromatic heterocycles. The fourth-order valence-electron chi connectivity index (χ4n) is 1.55. The van der Waals surface area contributed by atoms with Gasteiger partial charge in [0.05, 0.1) is 6.61 Å². The monoisotopic (exact) mass is 262 g/mol. The van der Waals surface area contributed by atoms with E-state index in [1.165, 1.54) is 7.11 Å². The number of aliphatic hydroxyl groups is 2. The summed E-state index contributed by atoms with van der Waals surface area (Å²) < 4.78 is 19.7. The summed E-state index contributed by atoms with van der Waals surface area (Å²) in [4.78, 5) is 24.2. The van der Waals surface area contributed by atoms with Crippen LogP contribution in [0.25, 0.3) is 0 Å². The summed E-state index contributed by atoms with van der Waals surface area (Å²) in [7, 11) is 1.19. The number of alkyl halides is 1. The lowest BCUT2D eigenvalue weighted by Crippen LogP contribution is -2.52. The molecule has 0 aliphatic carbocycles. The molecule has 0 saturated carbocycles. The van der Waals surface area contributed by atoms with Crippen LogP contribution in [-0.4, -0.2) is 45.7 Å². The molecule has 1 rings (SSSR count). The van der Waals surface area contributed by atoms with Gasteiger partial charge in [0.15, 0.2) is 0 Å². The first-order valence-corrected chi connectivity index (χ1v) is 5.17. The van der Waals surface area contributed by atoms with Gasteiger partial charge in [-0.05, 0) is 6.92 Å². The second kappa shape index (κ2) is 5.42. The number of ether oxygens (including phenoxy) is 1. The first kappa shape index (κ1) is 14.6. The number of nitrogens with zero attached hydrogens (tertiary/aromatic N) is 1. The molecule has 0 bridgehead atoms. The molecule has 2 unspecified atom stereocenters. The van der Waals surface area contributed by atoms with Gasteiger partial charge in [0, 0.05) is 19.4 Å². The van der Waals surface area contributed by atoms with Gasteiger partial charge in [-0.15, -0.1) is 0 Å². The van der Waals surface area contributed by atoms with E-state index >= 15 is 0 Å². The fraction of sp³-hybridized carbons (Fsp3) is 0.600. The van der Waals surface area contributed by atoms with Gasteiger partial charge in [0.2, 0.25) is 5.79 Å². The Bertz CT molecular complexity index is 505. The molecule has 3 N–H and O–H groups in total. The van der Waals surface area contributed by atoms with Gasteiger partial charge in [-0.1, -0.05) is 0 Å². The SMILES string of the molecule is COC(CO)C(O)[C@](C)(F)n1ccc(=O)[nH]c1=O. The van der Waals surface area contributed by atoms with E-state index in [4.69, 9.17) is 9.84 Å². The molecule has 0 aliphatic heterocycles. The van der Waals surface area contributed by atoms with Crippen molar-refractivity contribution >= 4 is 0 Å². The number of aliphatic hydroxyl groups excluding tert-OH is 2. The van der Waals surface area contributed by atoms with Crippen LogP contribution in [0.2, 0.25) is 0 Å². The smallest absolute Gasteiger partial charge is 0.330 e. The number of halogens is 1. The lowest BCUT2D eigenvalue weighted by molar-refractivity contribution is -0.138. The topological polar surface area (TPSA) is 105 Å². The Morgan fingerprint density at radius 2 is 2.22 bits per heavy atom. The van der Waals surface area contributed by atoms with Crippen molar-refractivity contribution in [1.82, 2.24) is 9.55 Å². The van der Waals surface area contributed by atoms with E-state index in [-0.39, 0.29) is 0 Å². The standard InChI is InChI=1S/C10H15FN2O5/c1-10(11,8(16)6(5-14)18-2)13-4-3-7(15)12-9(13)17/h3-4,6,8,14,16H,5H2,1-2H3,(H,12,15,17)/t6?,8?,10-/m1/s1. The number of nitrogens with one attached hydrogen (secondary N) is 1. The Labute approximate surface area is 101 Å². The molecule has 1 heterocycles. The van der Waals surface area contributed by atoms with Gasteiger partial charge in [-0.2, -0.15) is 0 Å². The van der Waals surface area contributed by atoms with Crippen LogP contribution in [0.15, 0.2) is 21.9 Å². The van der Waals surface area contributed by atoms with E-state index in [0.29, 0.717) is 4.57 Å². The van der Waals surface area contributed by atoms with E-state index in [1.54, 1.807) is 0 Å². The highest BCUT2D eigenvalue weighted by Crippen LogP contribution is 2.23. The molecular weight excluding hydrogens is 247 g/mol. The van der Waals surface area contributed by atoms with Crippen molar-refractivity contribution in [3.8, 4) is 0 Å². The van der Waals surface area contributed by atoms with Crippen molar-refractivity contribution < 1.29 is 19.3 Å². The summed E-state index contributed by atoms with van der Waals surface area (Å²) in [5.74, 6) is -2.54. The summed E-state index contributed by atoms with van der Waals surface area (Å²) in [5, 5.41) is 18.7. The van der Waals surface area contributed by atoms with Crippen molar-refractivity contribution in [1.29, 1.82) is 0 Å². The van der Waals surface area contributed by atoms with Gasteiger partial charge in [0.1, 0.15) is 12.2 Å². The van der Waals surface area contributed by atoms with E-state index in [9.17, 15) is 19.1 Å². The van der Waals surface area contributed by atoms with Crippen LogP contribution >= 0.6 is 0 Å². The lowest BCUT2D eigenvalue weighted by atomic mass is 10.0. The number of aromatic amines is 1. The molecule has 0 saturated heterocycles. The van der Waals surface area contributed by atoms with Gasteiger partial charge in [0.25, 0.3) is 5.56 Å². The van der Waals surface area contributed by atoms with E-state index < -0.39 is 35.9 Å². The van der Waals surface area contributed by atoms with Crippen molar-refractivity contribution in [2.45, 2.75) is 24.9 Å². The Morgan fingerprint density at radius 1 is 1.61 bits per heavy atom. The fourth-order valence-corrected chi connectivity index (χ4v) is 1.55. The predicted molar refractivity (Wildman–Crippen MR) is 60.0 cm³/mol. The van der Waals surface area contributed by atoms with Crippen molar-refractivity contribution in [2.24, 2.45) is 0 Å². The highest BCUT2D eigenvalue weighted by Gasteiger charge is 2.41. The minimum absolute atomic E-state index is 0.529. The number of hydrogen-bond donors (Lipinski definition) is 3. The Morgan fingerprint density at radius 3 is 2.67 bits per heavy atom. The Hall–Kier alpha value is -1.51. The Kier molecular flexibility index (Phi) is 4.38. The summed E-state index contributed by atoms with van der Waals surface area (Å²) in [5.41, 5.74) is -1.67. The number of H-pyrrole nitrogens is 1. The van der Waals surface area contributed by atoms with E-state index in [1.807, 2.05) is 4.98 Å². The first-order valence-electron chi connectivity index (χ1n) is 5.17. The first-order chi connectivity index (χ1) is 8.34. The zero-order chi connectivity index (χ0) is 13.9. The van der Waals surface area contributed by atoms with Crippen molar-refractivity contribution in [2.75, 3.05) is 13.7 Å². The molecule has 1 aromatic rings. The van der Waals surface area contributed by atoms with Crippen LogP contribution < -0.4 is 11.2 Å². The third-order valence-electron chi connectivity index (χ3n) is 2.67. The quantitative estimate of drug-likeness (QED) is 0.602. The highest BCUT2D eigenvalue weighted by atomic mass is 19.1. The summed E-state index contributed by atoms with van der Waals surface area (Å²) in [6.45, 7) is 0.328. The number of rotatable bonds is 5. The van der Waals surface area contributed by atoms with Crippen molar-refractivity contribution in [3.63, 3.8) is 0 Å². The number of methoxy groups -OCH3 is 1. The van der Waals surface area contributed by atoms with Gasteiger partial charge >= 0.3 is 5.69 Å². The zero-order valence-corrected chi connectivity index (χ0v) is 9.96. The van der Waals surface area contributed by atoms with Crippen LogP contribution in [0.3, 0.4) is 0 Å². The van der Waals surface area contributed by atoms with Gasteiger partial charge in [-0.3, -0.25) is 14.3 Å². The molecule has 3 atom stereocenters. The second-order valence-electron chi connectivity index (χ2n) is 3.91. The van der Waals surface area contributed by atoms with E-state index in [0.717, 1.165) is 19.2 Å². The molecule has 7 nitrogen and oxygen atoms in total. The van der Waals surface area contributed by atoms with Gasteiger partial charge in [-0.25, -0.2) is 9.18 Å². The summed E-state index contributed by atoms with van der Waals surface area (Å²) >= 11 is 0. The molecule has 0 aliphatic rings. The van der Waals surface area contributed by atoms with Crippen LogP contribution in [0.5, 0.6) is 0 Å². The maximum Gasteiger partial charge on any atom is 0.330 e. The second-order valence-corrected chi connectivity index (χ2v) is 3.91. The lowest BCUT2D eigenvalue weighted by Gasteiger charge is -2.31. The molecule has 8 heteroatoms. The van der Waals surface area contributed by atoms with Gasteiger partial charge < -0.3 is 14.9 Å². The Balaban J connectivity index is 3.19.